The summed E-state index contributed by atoms with van der Waals surface area (Å²) in [7, 11) is 0. The predicted octanol–water partition coefficient (Wildman–Crippen LogP) is 6.55. The van der Waals surface area contributed by atoms with E-state index in [0.717, 1.165) is 22.9 Å². The zero-order valence-corrected chi connectivity index (χ0v) is 25.1. The normalized spacial score (nSPS) is 14.9. The number of thioether (sulfide) groups is 1. The molecule has 9 heteroatoms. The molecule has 3 amide bonds. The van der Waals surface area contributed by atoms with Crippen LogP contribution < -0.4 is 5.32 Å². The number of amides is 3. The van der Waals surface area contributed by atoms with Crippen LogP contribution in [0, 0.1) is 0 Å². The smallest absolute Gasteiger partial charge is 0.285 e. The van der Waals surface area contributed by atoms with Gasteiger partial charge in [-0.2, -0.15) is 4.99 Å². The standard InChI is InChI=1S/C33H28BrN3O4S/c1-3-5-16-25(4-2)37-32(41)26(19-22-17-18-28(38)27(34)20-22)31(40)36-33(37)42-21-29(39)35-30(23-12-8-6-9-13-23)24-14-10-7-11-15-24/h3-20,30,38H,1,21H2,2H3,(H,35,39)/b16-5-,25-4+,26-19+. The van der Waals surface area contributed by atoms with Crippen LogP contribution in [-0.4, -0.2) is 38.6 Å². The van der Waals surface area contributed by atoms with Crippen LogP contribution in [0.3, 0.4) is 0 Å². The van der Waals surface area contributed by atoms with Crippen molar-refractivity contribution in [2.45, 2.75) is 13.0 Å². The van der Waals surface area contributed by atoms with Crippen LogP contribution in [0.4, 0.5) is 0 Å². The molecule has 2 N–H and O–H groups in total. The molecule has 0 saturated carbocycles. The Kier molecular flexibility index (Phi) is 10.5. The Labute approximate surface area is 257 Å². The fourth-order valence-electron chi connectivity index (χ4n) is 4.17. The van der Waals surface area contributed by atoms with Crippen molar-refractivity contribution in [3.05, 3.63) is 142 Å². The number of aromatic hydroxyl groups is 1. The van der Waals surface area contributed by atoms with Gasteiger partial charge in [-0.25, -0.2) is 0 Å². The van der Waals surface area contributed by atoms with Gasteiger partial charge in [0.05, 0.1) is 16.3 Å². The topological polar surface area (TPSA) is 99.1 Å². The lowest BCUT2D eigenvalue weighted by Crippen LogP contribution is -2.42. The van der Waals surface area contributed by atoms with E-state index in [-0.39, 0.29) is 34.2 Å². The number of allylic oxidation sites excluding steroid dienone is 4. The van der Waals surface area contributed by atoms with Gasteiger partial charge in [-0.3, -0.25) is 19.3 Å². The first-order valence-corrected chi connectivity index (χ1v) is 14.8. The average Bonchev–Trinajstić information content (AvgIpc) is 3.00. The highest BCUT2D eigenvalue weighted by Crippen LogP contribution is 2.29. The molecule has 42 heavy (non-hydrogen) atoms. The van der Waals surface area contributed by atoms with E-state index in [4.69, 9.17) is 0 Å². The minimum Gasteiger partial charge on any atom is -0.507 e. The summed E-state index contributed by atoms with van der Waals surface area (Å²) in [4.78, 5) is 45.6. The van der Waals surface area contributed by atoms with Gasteiger partial charge in [0, 0.05) is 5.70 Å². The molecule has 3 aromatic carbocycles. The maximum absolute atomic E-state index is 13.7. The fraction of sp³-hybridized carbons (Fsp3) is 0.0909. The van der Waals surface area contributed by atoms with E-state index < -0.39 is 11.8 Å². The summed E-state index contributed by atoms with van der Waals surface area (Å²) in [5.74, 6) is -1.66. The van der Waals surface area contributed by atoms with Gasteiger partial charge in [0.2, 0.25) is 5.91 Å². The van der Waals surface area contributed by atoms with Gasteiger partial charge in [0.15, 0.2) is 5.17 Å². The Bertz CT molecular complexity index is 1580. The quantitative estimate of drug-likeness (QED) is 0.157. The minimum absolute atomic E-state index is 0.0302. The molecule has 212 valence electrons. The van der Waals surface area contributed by atoms with Crippen LogP contribution >= 0.6 is 27.7 Å². The third-order valence-corrected chi connectivity index (χ3v) is 7.77. The molecule has 0 fully saturated rings. The molecule has 0 bridgehead atoms. The number of carbonyl (C=O) groups is 3. The van der Waals surface area contributed by atoms with Gasteiger partial charge in [-0.05, 0) is 63.8 Å². The minimum atomic E-state index is -0.724. The van der Waals surface area contributed by atoms with E-state index in [2.05, 4.69) is 32.8 Å². The number of carbonyl (C=O) groups excluding carboxylic acids is 3. The van der Waals surface area contributed by atoms with E-state index in [1.807, 2.05) is 60.7 Å². The number of phenols is 1. The van der Waals surface area contributed by atoms with Crippen molar-refractivity contribution < 1.29 is 19.5 Å². The summed E-state index contributed by atoms with van der Waals surface area (Å²) in [5.41, 5.74) is 2.68. The monoisotopic (exact) mass is 641 g/mol. The Morgan fingerprint density at radius 3 is 2.29 bits per heavy atom. The molecule has 7 nitrogen and oxygen atoms in total. The van der Waals surface area contributed by atoms with Gasteiger partial charge in [-0.1, -0.05) is 103 Å². The Morgan fingerprint density at radius 1 is 1.07 bits per heavy atom. The molecule has 3 aromatic rings. The zero-order chi connectivity index (χ0) is 30.1. The largest absolute Gasteiger partial charge is 0.507 e. The number of amidine groups is 1. The first-order valence-electron chi connectivity index (χ1n) is 13.0. The maximum atomic E-state index is 13.7. The van der Waals surface area contributed by atoms with Gasteiger partial charge in [0.25, 0.3) is 11.8 Å². The van der Waals surface area contributed by atoms with Crippen molar-refractivity contribution in [1.82, 2.24) is 10.2 Å². The number of phenolic OH excluding ortho intramolecular Hbond substituents is 1. The van der Waals surface area contributed by atoms with E-state index in [1.54, 1.807) is 43.4 Å². The number of nitrogens with zero attached hydrogens (tertiary/aromatic N) is 2. The summed E-state index contributed by atoms with van der Waals surface area (Å²) >= 11 is 4.25. The Hall–Kier alpha value is -4.47. The van der Waals surface area contributed by atoms with E-state index in [0.29, 0.717) is 15.7 Å². The number of hydrogen-bond donors (Lipinski definition) is 2. The molecule has 0 spiro atoms. The first-order chi connectivity index (χ1) is 20.3. The second kappa shape index (κ2) is 14.4. The van der Waals surface area contributed by atoms with Crippen molar-refractivity contribution in [2.24, 2.45) is 4.99 Å². The summed E-state index contributed by atoms with van der Waals surface area (Å²) in [6, 6.07) is 23.5. The third-order valence-electron chi connectivity index (χ3n) is 6.20. The number of benzene rings is 3. The summed E-state index contributed by atoms with van der Waals surface area (Å²) < 4.78 is 0.419. The van der Waals surface area contributed by atoms with Crippen molar-refractivity contribution in [1.29, 1.82) is 0 Å². The van der Waals surface area contributed by atoms with Crippen LogP contribution in [0.1, 0.15) is 29.7 Å². The van der Waals surface area contributed by atoms with Crippen molar-refractivity contribution in [2.75, 3.05) is 5.75 Å². The molecule has 0 radical (unpaired) electrons. The van der Waals surface area contributed by atoms with E-state index >= 15 is 0 Å². The summed E-state index contributed by atoms with van der Waals surface area (Å²) in [6.07, 6.45) is 8.04. The molecular weight excluding hydrogens is 614 g/mol. The molecular formula is C33H28BrN3O4S. The number of aliphatic imine (C=N–C) groups is 1. The number of halogens is 1. The highest BCUT2D eigenvalue weighted by molar-refractivity contribution is 9.10. The highest BCUT2D eigenvalue weighted by Gasteiger charge is 2.35. The van der Waals surface area contributed by atoms with Crippen LogP contribution in [0.5, 0.6) is 5.75 Å². The Morgan fingerprint density at radius 2 is 1.71 bits per heavy atom. The van der Waals surface area contributed by atoms with Crippen LogP contribution in [0.2, 0.25) is 0 Å². The van der Waals surface area contributed by atoms with Crippen LogP contribution in [0.25, 0.3) is 6.08 Å². The molecule has 1 aliphatic heterocycles. The molecule has 0 saturated heterocycles. The third kappa shape index (κ3) is 7.43. The average molecular weight is 643 g/mol. The van der Waals surface area contributed by atoms with E-state index in [1.165, 1.54) is 17.0 Å². The number of nitrogens with one attached hydrogen (secondary N) is 1. The lowest BCUT2D eigenvalue weighted by atomic mass is 9.99. The molecule has 0 unspecified atom stereocenters. The van der Waals surface area contributed by atoms with Crippen LogP contribution in [0.15, 0.2) is 130 Å². The van der Waals surface area contributed by atoms with E-state index in [9.17, 15) is 19.5 Å². The highest BCUT2D eigenvalue weighted by atomic mass is 79.9. The van der Waals surface area contributed by atoms with Gasteiger partial charge in [-0.15, -0.1) is 0 Å². The first kappa shape index (κ1) is 30.5. The van der Waals surface area contributed by atoms with Crippen molar-refractivity contribution in [3.63, 3.8) is 0 Å². The van der Waals surface area contributed by atoms with Gasteiger partial charge in [0.1, 0.15) is 11.3 Å². The maximum Gasteiger partial charge on any atom is 0.285 e. The molecule has 0 aromatic heterocycles. The van der Waals surface area contributed by atoms with Gasteiger partial charge < -0.3 is 10.4 Å². The number of hydrogen-bond acceptors (Lipinski definition) is 5. The zero-order valence-electron chi connectivity index (χ0n) is 22.7. The molecule has 0 aliphatic carbocycles. The lowest BCUT2D eigenvalue weighted by Gasteiger charge is -2.28. The lowest BCUT2D eigenvalue weighted by molar-refractivity contribution is -0.126. The second-order valence-electron chi connectivity index (χ2n) is 9.03. The fourth-order valence-corrected chi connectivity index (χ4v) is 5.38. The molecule has 1 aliphatic rings. The van der Waals surface area contributed by atoms with Crippen molar-refractivity contribution >= 4 is 56.7 Å². The summed E-state index contributed by atoms with van der Waals surface area (Å²) in [5, 5.41) is 13.0. The molecule has 0 atom stereocenters. The summed E-state index contributed by atoms with van der Waals surface area (Å²) in [6.45, 7) is 5.45. The predicted molar refractivity (Wildman–Crippen MR) is 171 cm³/mol. The molecule has 4 rings (SSSR count). The second-order valence-corrected chi connectivity index (χ2v) is 10.8. The van der Waals surface area contributed by atoms with Gasteiger partial charge >= 0.3 is 0 Å². The van der Waals surface area contributed by atoms with Crippen molar-refractivity contribution in [3.8, 4) is 5.75 Å². The SMILES string of the molecule is C=C/C=C\C(=C/C)N1C(=O)/C(=C/c2ccc(O)c(Br)c2)C(=O)N=C1SCC(=O)NC(c1ccccc1)c1ccccc1. The number of rotatable bonds is 9. The molecule has 1 heterocycles. The van der Waals surface area contributed by atoms with Crippen LogP contribution in [-0.2, 0) is 14.4 Å². The Balaban J connectivity index is 1.62.